The third kappa shape index (κ3) is 4.11. The molecule has 1 N–H and O–H groups in total. The monoisotopic (exact) mass is 235 g/mol. The van der Waals surface area contributed by atoms with Gasteiger partial charge in [-0.15, -0.1) is 0 Å². The molecular formula is C14H21NO2. The largest absolute Gasteiger partial charge is 0.352 e. The van der Waals surface area contributed by atoms with E-state index in [-0.39, 0.29) is 0 Å². The van der Waals surface area contributed by atoms with Gasteiger partial charge in [0.1, 0.15) is 6.79 Å². The van der Waals surface area contributed by atoms with E-state index in [1.165, 1.54) is 5.56 Å². The molecule has 0 spiro atoms. The van der Waals surface area contributed by atoms with Gasteiger partial charge in [-0.05, 0) is 37.9 Å². The van der Waals surface area contributed by atoms with Crippen molar-refractivity contribution in [2.45, 2.75) is 25.6 Å². The molecule has 3 heteroatoms. The first-order chi connectivity index (χ1) is 8.38. The number of benzene rings is 1. The van der Waals surface area contributed by atoms with Gasteiger partial charge >= 0.3 is 0 Å². The van der Waals surface area contributed by atoms with E-state index in [2.05, 4.69) is 17.4 Å². The Morgan fingerprint density at radius 1 is 1.24 bits per heavy atom. The molecule has 1 aliphatic rings. The second kappa shape index (κ2) is 6.74. The molecule has 1 aliphatic carbocycles. The van der Waals surface area contributed by atoms with E-state index in [0.717, 1.165) is 25.3 Å². The molecule has 94 valence electrons. The van der Waals surface area contributed by atoms with Crippen molar-refractivity contribution in [3.8, 4) is 0 Å². The SMILES string of the molecule is CNCC1CC(OCOCc2ccccc2)C1. The van der Waals surface area contributed by atoms with E-state index in [1.54, 1.807) is 0 Å². The average molecular weight is 235 g/mol. The van der Waals surface area contributed by atoms with Crippen LogP contribution in [0.3, 0.4) is 0 Å². The Labute approximate surface area is 103 Å². The number of ether oxygens (including phenoxy) is 2. The highest BCUT2D eigenvalue weighted by molar-refractivity contribution is 5.13. The summed E-state index contributed by atoms with van der Waals surface area (Å²) >= 11 is 0. The minimum Gasteiger partial charge on any atom is -0.352 e. The summed E-state index contributed by atoms with van der Waals surface area (Å²) in [6.45, 7) is 2.14. The van der Waals surface area contributed by atoms with Crippen molar-refractivity contribution in [2.24, 2.45) is 5.92 Å². The Morgan fingerprint density at radius 2 is 2.00 bits per heavy atom. The van der Waals surface area contributed by atoms with Crippen molar-refractivity contribution in [1.29, 1.82) is 0 Å². The van der Waals surface area contributed by atoms with E-state index in [4.69, 9.17) is 9.47 Å². The molecule has 1 aromatic rings. The molecule has 1 fully saturated rings. The summed E-state index contributed by atoms with van der Waals surface area (Å²) < 4.78 is 11.1. The van der Waals surface area contributed by atoms with Gasteiger partial charge in [-0.2, -0.15) is 0 Å². The summed E-state index contributed by atoms with van der Waals surface area (Å²) in [6.07, 6.45) is 2.73. The Morgan fingerprint density at radius 3 is 2.71 bits per heavy atom. The molecule has 0 aliphatic heterocycles. The molecule has 0 amide bonds. The number of hydrogen-bond acceptors (Lipinski definition) is 3. The molecule has 0 bridgehead atoms. The summed E-state index contributed by atoms with van der Waals surface area (Å²) in [6, 6.07) is 10.2. The second-order valence-corrected chi connectivity index (χ2v) is 4.64. The normalized spacial score (nSPS) is 23.4. The average Bonchev–Trinajstić information content (AvgIpc) is 2.32. The van der Waals surface area contributed by atoms with Crippen LogP contribution in [0, 0.1) is 5.92 Å². The van der Waals surface area contributed by atoms with Crippen LogP contribution in [0.15, 0.2) is 30.3 Å². The van der Waals surface area contributed by atoms with Gasteiger partial charge in [0.15, 0.2) is 0 Å². The maximum Gasteiger partial charge on any atom is 0.147 e. The molecule has 0 heterocycles. The molecule has 17 heavy (non-hydrogen) atoms. The molecule has 1 saturated carbocycles. The zero-order valence-electron chi connectivity index (χ0n) is 10.4. The fourth-order valence-corrected chi connectivity index (χ4v) is 2.14. The third-order valence-electron chi connectivity index (χ3n) is 3.18. The van der Waals surface area contributed by atoms with Gasteiger partial charge in [0, 0.05) is 0 Å². The highest BCUT2D eigenvalue weighted by Crippen LogP contribution is 2.29. The van der Waals surface area contributed by atoms with Gasteiger partial charge in [-0.1, -0.05) is 30.3 Å². The van der Waals surface area contributed by atoms with Crippen molar-refractivity contribution < 1.29 is 9.47 Å². The van der Waals surface area contributed by atoms with Crippen LogP contribution in [0.2, 0.25) is 0 Å². The van der Waals surface area contributed by atoms with Crippen LogP contribution in [0.1, 0.15) is 18.4 Å². The predicted molar refractivity (Wildman–Crippen MR) is 67.6 cm³/mol. The van der Waals surface area contributed by atoms with Crippen LogP contribution in [0.5, 0.6) is 0 Å². The van der Waals surface area contributed by atoms with Crippen molar-refractivity contribution in [3.63, 3.8) is 0 Å². The van der Waals surface area contributed by atoms with E-state index in [9.17, 15) is 0 Å². The quantitative estimate of drug-likeness (QED) is 0.580. The maximum atomic E-state index is 5.63. The van der Waals surface area contributed by atoms with Crippen LogP contribution in [-0.2, 0) is 16.1 Å². The highest BCUT2D eigenvalue weighted by Gasteiger charge is 2.28. The standard InChI is InChI=1S/C14H21NO2/c1-15-9-13-7-14(8-13)17-11-16-10-12-5-3-2-4-6-12/h2-6,13-15H,7-11H2,1H3. The summed E-state index contributed by atoms with van der Waals surface area (Å²) in [5.41, 5.74) is 1.19. The van der Waals surface area contributed by atoms with Crippen molar-refractivity contribution >= 4 is 0 Å². The highest BCUT2D eigenvalue weighted by atomic mass is 16.7. The molecule has 1 aromatic carbocycles. The number of nitrogens with one attached hydrogen (secondary N) is 1. The van der Waals surface area contributed by atoms with Crippen molar-refractivity contribution in [2.75, 3.05) is 20.4 Å². The van der Waals surface area contributed by atoms with E-state index in [0.29, 0.717) is 19.5 Å². The van der Waals surface area contributed by atoms with Gasteiger partial charge in [-0.3, -0.25) is 0 Å². The Balaban J connectivity index is 1.50. The molecule has 0 aromatic heterocycles. The minimum atomic E-state index is 0.407. The first-order valence-electron chi connectivity index (χ1n) is 6.26. The van der Waals surface area contributed by atoms with Crippen LogP contribution < -0.4 is 5.32 Å². The van der Waals surface area contributed by atoms with Crippen LogP contribution in [-0.4, -0.2) is 26.5 Å². The van der Waals surface area contributed by atoms with Gasteiger partial charge in [-0.25, -0.2) is 0 Å². The van der Waals surface area contributed by atoms with Crippen LogP contribution in [0.4, 0.5) is 0 Å². The van der Waals surface area contributed by atoms with Gasteiger partial charge in [0.2, 0.25) is 0 Å². The molecule has 2 rings (SSSR count). The van der Waals surface area contributed by atoms with Crippen LogP contribution in [0.25, 0.3) is 0 Å². The third-order valence-corrected chi connectivity index (χ3v) is 3.18. The Bertz CT molecular complexity index is 309. The smallest absolute Gasteiger partial charge is 0.147 e. The number of hydrogen-bond donors (Lipinski definition) is 1. The maximum absolute atomic E-state index is 5.63. The summed E-state index contributed by atoms with van der Waals surface area (Å²) in [7, 11) is 2.00. The van der Waals surface area contributed by atoms with Gasteiger partial charge < -0.3 is 14.8 Å². The van der Waals surface area contributed by atoms with Crippen molar-refractivity contribution in [1.82, 2.24) is 5.32 Å². The zero-order chi connectivity index (χ0) is 11.9. The molecule has 0 unspecified atom stereocenters. The number of rotatable bonds is 7. The lowest BCUT2D eigenvalue weighted by molar-refractivity contribution is -0.130. The lowest BCUT2D eigenvalue weighted by atomic mass is 9.82. The molecule has 0 saturated heterocycles. The molecule has 0 atom stereocenters. The molecule has 3 nitrogen and oxygen atoms in total. The minimum absolute atomic E-state index is 0.407. The topological polar surface area (TPSA) is 30.5 Å². The fourth-order valence-electron chi connectivity index (χ4n) is 2.14. The van der Waals surface area contributed by atoms with E-state index >= 15 is 0 Å². The van der Waals surface area contributed by atoms with E-state index in [1.807, 2.05) is 25.2 Å². The molecule has 0 radical (unpaired) electrons. The second-order valence-electron chi connectivity index (χ2n) is 4.64. The van der Waals surface area contributed by atoms with Crippen molar-refractivity contribution in [3.05, 3.63) is 35.9 Å². The van der Waals surface area contributed by atoms with Gasteiger partial charge in [0.05, 0.1) is 12.7 Å². The summed E-state index contributed by atoms with van der Waals surface area (Å²) in [5.74, 6) is 0.791. The predicted octanol–water partition coefficient (Wildman–Crippen LogP) is 2.18. The van der Waals surface area contributed by atoms with E-state index < -0.39 is 0 Å². The summed E-state index contributed by atoms with van der Waals surface area (Å²) in [5, 5.41) is 3.19. The fraction of sp³-hybridized carbons (Fsp3) is 0.571. The first-order valence-corrected chi connectivity index (χ1v) is 6.26. The lowest BCUT2D eigenvalue weighted by Crippen LogP contribution is -2.37. The zero-order valence-corrected chi connectivity index (χ0v) is 10.4. The molecular weight excluding hydrogens is 214 g/mol. The van der Waals surface area contributed by atoms with Gasteiger partial charge in [0.25, 0.3) is 0 Å². The lowest BCUT2D eigenvalue weighted by Gasteiger charge is -2.34. The Kier molecular flexibility index (Phi) is 4.98. The Hall–Kier alpha value is -0.900. The summed E-state index contributed by atoms with van der Waals surface area (Å²) in [4.78, 5) is 0. The van der Waals surface area contributed by atoms with Crippen LogP contribution >= 0.6 is 0 Å². The first kappa shape index (κ1) is 12.6.